The number of aromatic nitrogens is 3. The number of halogens is 1. The van der Waals surface area contributed by atoms with E-state index in [9.17, 15) is 0 Å². The number of rotatable bonds is 3. The number of benzene rings is 1. The molecule has 0 aliphatic rings. The maximum atomic E-state index is 5.94. The molecule has 108 valence electrons. The molecule has 0 aliphatic carbocycles. The Balaban J connectivity index is 2.04. The summed E-state index contributed by atoms with van der Waals surface area (Å²) in [6, 6.07) is 5.22. The van der Waals surface area contributed by atoms with Gasteiger partial charge in [0.15, 0.2) is 5.13 Å². The Hall–Kier alpha value is -2.12. The minimum atomic E-state index is 0.383. The Morgan fingerprint density at radius 3 is 2.81 bits per heavy atom. The number of aryl methyl sites for hydroxylation is 1. The average Bonchev–Trinajstić information content (AvgIpc) is 3.05. The first-order valence-corrected chi connectivity index (χ1v) is 7.19. The van der Waals surface area contributed by atoms with Gasteiger partial charge in [-0.3, -0.25) is 0 Å². The molecule has 0 bridgehead atoms. The fourth-order valence-electron chi connectivity index (χ4n) is 1.89. The van der Waals surface area contributed by atoms with E-state index >= 15 is 0 Å². The zero-order valence-corrected chi connectivity index (χ0v) is 12.8. The van der Waals surface area contributed by atoms with Crippen LogP contribution in [0.4, 0.5) is 5.13 Å². The lowest BCUT2D eigenvalue weighted by atomic mass is 10.2. The number of hydrogen-bond acceptors (Lipinski definition) is 7. The van der Waals surface area contributed by atoms with Gasteiger partial charge in [-0.15, -0.1) is 0 Å². The highest BCUT2D eigenvalue weighted by molar-refractivity contribution is 7.18. The van der Waals surface area contributed by atoms with Crippen LogP contribution in [0.1, 0.15) is 5.69 Å². The van der Waals surface area contributed by atoms with Gasteiger partial charge in [-0.25, -0.2) is 4.98 Å². The third-order valence-electron chi connectivity index (χ3n) is 2.84. The molecule has 8 heteroatoms. The third-order valence-corrected chi connectivity index (χ3v) is 4.05. The van der Waals surface area contributed by atoms with Crippen molar-refractivity contribution in [1.29, 1.82) is 0 Å². The van der Waals surface area contributed by atoms with Crippen LogP contribution in [-0.2, 0) is 0 Å². The first-order valence-electron chi connectivity index (χ1n) is 5.99. The van der Waals surface area contributed by atoms with Crippen molar-refractivity contribution < 1.29 is 9.26 Å². The molecule has 2 aromatic heterocycles. The summed E-state index contributed by atoms with van der Waals surface area (Å²) in [5.74, 6) is 1.38. The minimum Gasteiger partial charge on any atom is -0.496 e. The number of hydrogen-bond donors (Lipinski definition) is 1. The molecule has 2 N–H and O–H groups in total. The summed E-state index contributed by atoms with van der Waals surface area (Å²) in [6.45, 7) is 1.84. The maximum Gasteiger partial charge on any atom is 0.270 e. The highest BCUT2D eigenvalue weighted by Gasteiger charge is 2.18. The largest absolute Gasteiger partial charge is 0.496 e. The highest BCUT2D eigenvalue weighted by atomic mass is 35.5. The first kappa shape index (κ1) is 13.8. The van der Waals surface area contributed by atoms with E-state index < -0.39 is 0 Å². The minimum absolute atomic E-state index is 0.383. The second-order valence-electron chi connectivity index (χ2n) is 4.23. The summed E-state index contributed by atoms with van der Waals surface area (Å²) in [6.07, 6.45) is 0. The lowest BCUT2D eigenvalue weighted by Gasteiger charge is -2.04. The van der Waals surface area contributed by atoms with Gasteiger partial charge in [0.2, 0.25) is 5.82 Å². The van der Waals surface area contributed by atoms with Gasteiger partial charge in [0.05, 0.1) is 18.4 Å². The molecule has 0 saturated heterocycles. The molecular weight excluding hydrogens is 312 g/mol. The Bertz CT molecular complexity index is 799. The maximum absolute atomic E-state index is 5.94. The van der Waals surface area contributed by atoms with Crippen molar-refractivity contribution >= 4 is 28.1 Å². The van der Waals surface area contributed by atoms with Gasteiger partial charge in [-0.2, -0.15) is 4.98 Å². The summed E-state index contributed by atoms with van der Waals surface area (Å²) >= 11 is 7.25. The number of nitrogen functional groups attached to an aromatic ring is 1. The van der Waals surface area contributed by atoms with Crippen molar-refractivity contribution in [3.8, 4) is 27.9 Å². The Morgan fingerprint density at radius 2 is 2.14 bits per heavy atom. The molecule has 0 amide bonds. The molecule has 0 radical (unpaired) electrons. The standard InChI is InChI=1S/C13H11ClN4O2S/c1-6-10(21-13(15)16-6)12-17-11(18-20-12)8-4-3-7(14)5-9(8)19-2/h3-5H,1-2H3,(H2,15,16). The van der Waals surface area contributed by atoms with Gasteiger partial charge in [0.1, 0.15) is 10.6 Å². The molecule has 6 nitrogen and oxygen atoms in total. The predicted octanol–water partition coefficient (Wildman–Crippen LogP) is 3.41. The first-order chi connectivity index (χ1) is 10.1. The van der Waals surface area contributed by atoms with E-state index in [2.05, 4.69) is 15.1 Å². The van der Waals surface area contributed by atoms with E-state index in [-0.39, 0.29) is 0 Å². The van der Waals surface area contributed by atoms with Crippen LogP contribution >= 0.6 is 22.9 Å². The summed E-state index contributed by atoms with van der Waals surface area (Å²) in [5.41, 5.74) is 7.14. The van der Waals surface area contributed by atoms with E-state index in [0.29, 0.717) is 33.2 Å². The normalized spacial score (nSPS) is 10.8. The smallest absolute Gasteiger partial charge is 0.270 e. The zero-order valence-electron chi connectivity index (χ0n) is 11.3. The molecule has 3 aromatic rings. The molecule has 0 saturated carbocycles. The topological polar surface area (TPSA) is 87.1 Å². The van der Waals surface area contributed by atoms with Crippen LogP contribution in [0.2, 0.25) is 5.02 Å². The SMILES string of the molecule is COc1cc(Cl)ccc1-c1noc(-c2sc(N)nc2C)n1. The molecule has 0 atom stereocenters. The lowest BCUT2D eigenvalue weighted by molar-refractivity contribution is 0.413. The van der Waals surface area contributed by atoms with Crippen molar-refractivity contribution in [3.63, 3.8) is 0 Å². The predicted molar refractivity (Wildman–Crippen MR) is 81.6 cm³/mol. The van der Waals surface area contributed by atoms with Crippen LogP contribution in [0.25, 0.3) is 22.2 Å². The summed E-state index contributed by atoms with van der Waals surface area (Å²) < 4.78 is 10.6. The van der Waals surface area contributed by atoms with E-state index in [0.717, 1.165) is 10.6 Å². The average molecular weight is 323 g/mol. The summed E-state index contributed by atoms with van der Waals surface area (Å²) in [5, 5.41) is 5.02. The number of anilines is 1. The van der Waals surface area contributed by atoms with Crippen LogP contribution in [-0.4, -0.2) is 22.2 Å². The van der Waals surface area contributed by atoms with Gasteiger partial charge < -0.3 is 15.0 Å². The van der Waals surface area contributed by atoms with E-state index in [4.69, 9.17) is 26.6 Å². The van der Waals surface area contributed by atoms with Crippen molar-refractivity contribution in [2.45, 2.75) is 6.92 Å². The van der Waals surface area contributed by atoms with Gasteiger partial charge in [-0.05, 0) is 25.1 Å². The van der Waals surface area contributed by atoms with Gasteiger partial charge in [0, 0.05) is 5.02 Å². The number of thiazole rings is 1. The van der Waals surface area contributed by atoms with Crippen molar-refractivity contribution in [1.82, 2.24) is 15.1 Å². The third kappa shape index (κ3) is 2.57. The molecule has 21 heavy (non-hydrogen) atoms. The quantitative estimate of drug-likeness (QED) is 0.795. The van der Waals surface area contributed by atoms with Crippen molar-refractivity contribution in [2.75, 3.05) is 12.8 Å². The Kier molecular flexibility index (Phi) is 3.52. The van der Waals surface area contributed by atoms with E-state index in [1.54, 1.807) is 25.3 Å². The molecule has 0 spiro atoms. The van der Waals surface area contributed by atoms with Gasteiger partial charge >= 0.3 is 0 Å². The lowest BCUT2D eigenvalue weighted by Crippen LogP contribution is -1.89. The number of nitrogens with two attached hydrogens (primary N) is 1. The van der Waals surface area contributed by atoms with Crippen LogP contribution in [0.5, 0.6) is 5.75 Å². The van der Waals surface area contributed by atoms with E-state index in [1.165, 1.54) is 11.3 Å². The summed E-state index contributed by atoms with van der Waals surface area (Å²) in [7, 11) is 1.56. The second-order valence-corrected chi connectivity index (χ2v) is 5.70. The number of methoxy groups -OCH3 is 1. The Labute approximate surface area is 129 Å². The molecule has 0 aliphatic heterocycles. The highest BCUT2D eigenvalue weighted by Crippen LogP contribution is 2.34. The number of ether oxygens (including phenoxy) is 1. The molecule has 0 fully saturated rings. The fourth-order valence-corrected chi connectivity index (χ4v) is 2.81. The van der Waals surface area contributed by atoms with Crippen LogP contribution in [0.15, 0.2) is 22.7 Å². The van der Waals surface area contributed by atoms with Gasteiger partial charge in [-0.1, -0.05) is 28.1 Å². The Morgan fingerprint density at radius 1 is 1.33 bits per heavy atom. The number of nitrogens with zero attached hydrogens (tertiary/aromatic N) is 3. The van der Waals surface area contributed by atoms with Crippen LogP contribution in [0, 0.1) is 6.92 Å². The molecule has 2 heterocycles. The van der Waals surface area contributed by atoms with Crippen molar-refractivity contribution in [3.05, 3.63) is 28.9 Å². The molecule has 0 unspecified atom stereocenters. The molecule has 3 rings (SSSR count). The zero-order chi connectivity index (χ0) is 15.0. The van der Waals surface area contributed by atoms with E-state index in [1.807, 2.05) is 6.92 Å². The van der Waals surface area contributed by atoms with Gasteiger partial charge in [0.25, 0.3) is 5.89 Å². The molecular formula is C13H11ClN4O2S. The fraction of sp³-hybridized carbons (Fsp3) is 0.154. The van der Waals surface area contributed by atoms with Crippen LogP contribution in [0.3, 0.4) is 0 Å². The van der Waals surface area contributed by atoms with Crippen LogP contribution < -0.4 is 10.5 Å². The monoisotopic (exact) mass is 322 g/mol. The van der Waals surface area contributed by atoms with Crippen molar-refractivity contribution in [2.24, 2.45) is 0 Å². The molecule has 1 aromatic carbocycles. The second kappa shape index (κ2) is 5.34. The summed E-state index contributed by atoms with van der Waals surface area (Å²) in [4.78, 5) is 9.28.